The van der Waals surface area contributed by atoms with E-state index in [1.807, 2.05) is 6.07 Å². The van der Waals surface area contributed by atoms with Gasteiger partial charge in [0.25, 0.3) is 0 Å². The molecule has 0 rings (SSSR count). The van der Waals surface area contributed by atoms with E-state index in [2.05, 4.69) is 11.3 Å². The van der Waals surface area contributed by atoms with Crippen molar-refractivity contribution in [3.63, 3.8) is 0 Å². The quantitative estimate of drug-likeness (QED) is 0.412. The maximum absolute atomic E-state index is 8.25. The highest BCUT2D eigenvalue weighted by atomic mass is 16.7. The summed E-state index contributed by atoms with van der Waals surface area (Å²) in [5.41, 5.74) is 0. The zero-order valence-corrected chi connectivity index (χ0v) is 5.33. The molecule has 0 saturated heterocycles. The second-order valence-electron chi connectivity index (χ2n) is 1.36. The minimum atomic E-state index is -0.551. The number of hydrogen-bond acceptors (Lipinski definition) is 3. The van der Waals surface area contributed by atoms with Crippen LogP contribution in [0.5, 0.6) is 0 Å². The summed E-state index contributed by atoms with van der Waals surface area (Å²) in [5.74, 6) is 0. The van der Waals surface area contributed by atoms with Crippen molar-refractivity contribution in [3.8, 4) is 6.07 Å². The molecule has 50 valence electrons. The van der Waals surface area contributed by atoms with E-state index >= 15 is 0 Å². The highest BCUT2D eigenvalue weighted by Crippen LogP contribution is 1.89. The van der Waals surface area contributed by atoms with Crippen LogP contribution in [0, 0.1) is 11.3 Å². The summed E-state index contributed by atoms with van der Waals surface area (Å²) in [7, 11) is 1.50. The SMILES string of the molecule is C=C[C@H](C#N)OCOC. The van der Waals surface area contributed by atoms with Crippen molar-refractivity contribution >= 4 is 0 Å². The number of methoxy groups -OCH3 is 1. The molecule has 0 N–H and O–H groups in total. The molecule has 3 heteroatoms. The van der Waals surface area contributed by atoms with Crippen LogP contribution < -0.4 is 0 Å². The summed E-state index contributed by atoms with van der Waals surface area (Å²) in [6.07, 6.45) is 0.865. The Bertz CT molecular complexity index is 117. The van der Waals surface area contributed by atoms with Crippen molar-refractivity contribution in [2.24, 2.45) is 0 Å². The lowest BCUT2D eigenvalue weighted by molar-refractivity contribution is -0.0388. The van der Waals surface area contributed by atoms with E-state index in [-0.39, 0.29) is 6.79 Å². The first-order valence-corrected chi connectivity index (χ1v) is 2.48. The molecule has 0 spiro atoms. The average molecular weight is 127 g/mol. The Morgan fingerprint density at radius 3 is 2.89 bits per heavy atom. The highest BCUT2D eigenvalue weighted by molar-refractivity contribution is 4.97. The normalized spacial score (nSPS) is 12.0. The van der Waals surface area contributed by atoms with Crippen LogP contribution in [0.1, 0.15) is 0 Å². The van der Waals surface area contributed by atoms with E-state index in [0.717, 1.165) is 0 Å². The summed E-state index contributed by atoms with van der Waals surface area (Å²) in [5, 5.41) is 8.25. The number of ether oxygens (including phenoxy) is 2. The molecule has 0 heterocycles. The van der Waals surface area contributed by atoms with Crippen molar-refractivity contribution in [1.82, 2.24) is 0 Å². The second kappa shape index (κ2) is 5.29. The molecular weight excluding hydrogens is 118 g/mol. The molecule has 3 nitrogen and oxygen atoms in total. The van der Waals surface area contributed by atoms with Gasteiger partial charge in [-0.2, -0.15) is 5.26 Å². The number of hydrogen-bond donors (Lipinski definition) is 0. The van der Waals surface area contributed by atoms with Crippen LogP contribution >= 0.6 is 0 Å². The number of nitriles is 1. The lowest BCUT2D eigenvalue weighted by Gasteiger charge is -2.02. The largest absolute Gasteiger partial charge is 0.359 e. The zero-order valence-electron chi connectivity index (χ0n) is 5.33. The molecule has 1 atom stereocenters. The van der Waals surface area contributed by atoms with E-state index < -0.39 is 6.10 Å². The van der Waals surface area contributed by atoms with Gasteiger partial charge in [-0.3, -0.25) is 0 Å². The van der Waals surface area contributed by atoms with E-state index in [4.69, 9.17) is 10.00 Å². The molecule has 0 aliphatic rings. The predicted octanol–water partition coefficient (Wildman–Crippen LogP) is 0.685. The monoisotopic (exact) mass is 127 g/mol. The Morgan fingerprint density at radius 1 is 1.89 bits per heavy atom. The molecule has 0 aromatic heterocycles. The molecule has 0 amide bonds. The number of nitrogens with zero attached hydrogens (tertiary/aromatic N) is 1. The molecule has 0 aliphatic carbocycles. The average Bonchev–Trinajstić information content (AvgIpc) is 1.91. The Hall–Kier alpha value is -0.850. The van der Waals surface area contributed by atoms with Crippen LogP contribution in [0.25, 0.3) is 0 Å². The van der Waals surface area contributed by atoms with Crippen LogP contribution in [-0.2, 0) is 9.47 Å². The molecule has 0 unspecified atom stereocenters. The lowest BCUT2D eigenvalue weighted by Crippen LogP contribution is -2.08. The maximum atomic E-state index is 8.25. The topological polar surface area (TPSA) is 42.2 Å². The zero-order chi connectivity index (χ0) is 7.11. The fourth-order valence-corrected chi connectivity index (χ4v) is 0.299. The first-order valence-electron chi connectivity index (χ1n) is 2.48. The fourth-order valence-electron chi connectivity index (χ4n) is 0.299. The van der Waals surface area contributed by atoms with Crippen molar-refractivity contribution in [3.05, 3.63) is 12.7 Å². The summed E-state index contributed by atoms with van der Waals surface area (Å²) < 4.78 is 9.34. The summed E-state index contributed by atoms with van der Waals surface area (Å²) in [6.45, 7) is 3.51. The third-order valence-corrected chi connectivity index (χ3v) is 0.707. The highest BCUT2D eigenvalue weighted by Gasteiger charge is 1.97. The molecule has 0 aromatic rings. The van der Waals surface area contributed by atoms with Crippen LogP contribution in [0.2, 0.25) is 0 Å². The maximum Gasteiger partial charge on any atom is 0.164 e. The molecule has 0 saturated carbocycles. The van der Waals surface area contributed by atoms with Crippen molar-refractivity contribution in [2.75, 3.05) is 13.9 Å². The van der Waals surface area contributed by atoms with Gasteiger partial charge < -0.3 is 9.47 Å². The van der Waals surface area contributed by atoms with Gasteiger partial charge in [0.2, 0.25) is 0 Å². The van der Waals surface area contributed by atoms with E-state index in [9.17, 15) is 0 Å². The van der Waals surface area contributed by atoms with Gasteiger partial charge in [-0.1, -0.05) is 6.58 Å². The predicted molar refractivity (Wildman–Crippen MR) is 32.6 cm³/mol. The Morgan fingerprint density at radius 2 is 2.56 bits per heavy atom. The Kier molecular flexibility index (Phi) is 4.79. The van der Waals surface area contributed by atoms with Gasteiger partial charge in [-0.25, -0.2) is 0 Å². The smallest absolute Gasteiger partial charge is 0.164 e. The van der Waals surface area contributed by atoms with E-state index in [1.165, 1.54) is 13.2 Å². The van der Waals surface area contributed by atoms with Crippen LogP contribution in [0.4, 0.5) is 0 Å². The fraction of sp³-hybridized carbons (Fsp3) is 0.500. The molecule has 0 bridgehead atoms. The van der Waals surface area contributed by atoms with Crippen LogP contribution in [0.15, 0.2) is 12.7 Å². The standard InChI is InChI=1S/C6H9NO2/c1-3-6(4-7)9-5-8-2/h3,6H,1,5H2,2H3/t6-/m1/s1. The number of rotatable bonds is 4. The van der Waals surface area contributed by atoms with Gasteiger partial charge >= 0.3 is 0 Å². The molecule has 0 radical (unpaired) electrons. The summed E-state index contributed by atoms with van der Waals surface area (Å²) >= 11 is 0. The van der Waals surface area contributed by atoms with Gasteiger partial charge in [0.1, 0.15) is 6.79 Å². The van der Waals surface area contributed by atoms with Crippen LogP contribution in [0.3, 0.4) is 0 Å². The van der Waals surface area contributed by atoms with Gasteiger partial charge in [-0.15, -0.1) is 0 Å². The molecule has 9 heavy (non-hydrogen) atoms. The van der Waals surface area contributed by atoms with Crippen molar-refractivity contribution < 1.29 is 9.47 Å². The van der Waals surface area contributed by atoms with E-state index in [0.29, 0.717) is 0 Å². The molecule has 0 aliphatic heterocycles. The summed E-state index contributed by atoms with van der Waals surface area (Å²) in [4.78, 5) is 0. The second-order valence-corrected chi connectivity index (χ2v) is 1.36. The third kappa shape index (κ3) is 3.71. The van der Waals surface area contributed by atoms with Crippen molar-refractivity contribution in [1.29, 1.82) is 5.26 Å². The molecule has 0 fully saturated rings. The van der Waals surface area contributed by atoms with E-state index in [1.54, 1.807) is 0 Å². The van der Waals surface area contributed by atoms with Gasteiger partial charge in [-0.05, 0) is 6.08 Å². The third-order valence-electron chi connectivity index (χ3n) is 0.707. The first kappa shape index (κ1) is 8.15. The Balaban J connectivity index is 3.34. The van der Waals surface area contributed by atoms with Crippen LogP contribution in [-0.4, -0.2) is 20.0 Å². The minimum absolute atomic E-state index is 0.129. The van der Waals surface area contributed by atoms with Gasteiger partial charge in [0, 0.05) is 7.11 Å². The lowest BCUT2D eigenvalue weighted by atomic mass is 10.4. The first-order chi connectivity index (χ1) is 4.35. The van der Waals surface area contributed by atoms with Gasteiger partial charge in [0.15, 0.2) is 6.10 Å². The van der Waals surface area contributed by atoms with Crippen molar-refractivity contribution in [2.45, 2.75) is 6.10 Å². The molecule has 0 aromatic carbocycles. The summed E-state index contributed by atoms with van der Waals surface area (Å²) in [6, 6.07) is 1.87. The van der Waals surface area contributed by atoms with Gasteiger partial charge in [0.05, 0.1) is 6.07 Å². The molecular formula is C6H9NO2. The Labute approximate surface area is 54.5 Å². The minimum Gasteiger partial charge on any atom is -0.359 e.